The quantitative estimate of drug-likeness (QED) is 0.836. The molecule has 1 aromatic heterocycles. The summed E-state index contributed by atoms with van der Waals surface area (Å²) in [7, 11) is 2.16. The minimum Gasteiger partial charge on any atom is -0.399 e. The number of carbonyl (C=O) groups excluding carboxylic acids is 1. The summed E-state index contributed by atoms with van der Waals surface area (Å²) in [6.07, 6.45) is 6.44. The Hall–Kier alpha value is -2.40. The molecule has 1 heterocycles. The van der Waals surface area contributed by atoms with Crippen molar-refractivity contribution in [2.24, 2.45) is 0 Å². The van der Waals surface area contributed by atoms with E-state index in [-0.39, 0.29) is 11.4 Å². The van der Waals surface area contributed by atoms with Gasteiger partial charge in [0.15, 0.2) is 0 Å². The highest BCUT2D eigenvalue weighted by atomic mass is 16.1. The molecule has 5 nitrogen and oxygen atoms in total. The van der Waals surface area contributed by atoms with Crippen LogP contribution in [-0.2, 0) is 0 Å². The maximum atomic E-state index is 12.7. The van der Waals surface area contributed by atoms with Crippen molar-refractivity contribution in [3.05, 3.63) is 48.2 Å². The molecule has 1 aliphatic rings. The lowest BCUT2D eigenvalue weighted by Gasteiger charge is -2.38. The Morgan fingerprint density at radius 2 is 2.04 bits per heavy atom. The molecule has 1 aromatic carbocycles. The molecule has 0 radical (unpaired) electrons. The normalized spacial score (nSPS) is 16.0. The second-order valence-electron chi connectivity index (χ2n) is 7.18. The largest absolute Gasteiger partial charge is 0.399 e. The van der Waals surface area contributed by atoms with Gasteiger partial charge in [0.05, 0.1) is 5.69 Å². The van der Waals surface area contributed by atoms with Gasteiger partial charge in [-0.15, -0.1) is 0 Å². The number of amides is 1. The van der Waals surface area contributed by atoms with Gasteiger partial charge in [0.1, 0.15) is 0 Å². The van der Waals surface area contributed by atoms with E-state index in [1.165, 1.54) is 12.8 Å². The summed E-state index contributed by atoms with van der Waals surface area (Å²) < 4.78 is 0. The number of rotatable bonds is 6. The smallest absolute Gasteiger partial charge is 0.251 e. The van der Waals surface area contributed by atoms with Gasteiger partial charge in [-0.2, -0.15) is 0 Å². The fraction of sp³-hybridized carbons (Fsp3) is 0.429. The molecule has 0 spiro atoms. The number of hydrogen-bond acceptors (Lipinski definition) is 4. The second kappa shape index (κ2) is 7.87. The Morgan fingerprint density at radius 3 is 2.73 bits per heavy atom. The number of likely N-dealkylation sites (N-methyl/N-ethyl adjacent to an activating group) is 1. The summed E-state index contributed by atoms with van der Waals surface area (Å²) >= 11 is 0. The third-order valence-electron chi connectivity index (χ3n) is 5.60. The van der Waals surface area contributed by atoms with Crippen molar-refractivity contribution in [1.29, 1.82) is 0 Å². The predicted octanol–water partition coefficient (Wildman–Crippen LogP) is 3.33. The summed E-state index contributed by atoms with van der Waals surface area (Å²) in [6, 6.07) is 11.1. The number of nitrogens with zero attached hydrogens (tertiary/aromatic N) is 2. The van der Waals surface area contributed by atoms with Gasteiger partial charge in [-0.1, -0.05) is 31.9 Å². The van der Waals surface area contributed by atoms with Crippen molar-refractivity contribution < 1.29 is 4.79 Å². The van der Waals surface area contributed by atoms with Gasteiger partial charge in [0.2, 0.25) is 0 Å². The average molecular weight is 352 g/mol. The van der Waals surface area contributed by atoms with Crippen molar-refractivity contribution in [3.8, 4) is 11.3 Å². The first-order valence-corrected chi connectivity index (χ1v) is 9.35. The maximum Gasteiger partial charge on any atom is 0.251 e. The van der Waals surface area contributed by atoms with Gasteiger partial charge >= 0.3 is 0 Å². The van der Waals surface area contributed by atoms with E-state index in [9.17, 15) is 4.79 Å². The molecule has 1 aliphatic carbocycles. The van der Waals surface area contributed by atoms with Crippen molar-refractivity contribution in [3.63, 3.8) is 0 Å². The minimum absolute atomic E-state index is 0.0356. The Kier molecular flexibility index (Phi) is 5.57. The van der Waals surface area contributed by atoms with E-state index < -0.39 is 0 Å². The van der Waals surface area contributed by atoms with Gasteiger partial charge in [0, 0.05) is 35.1 Å². The molecule has 3 rings (SSSR count). The fourth-order valence-electron chi connectivity index (χ4n) is 3.83. The summed E-state index contributed by atoms with van der Waals surface area (Å²) in [5.41, 5.74) is 8.92. The van der Waals surface area contributed by atoms with Gasteiger partial charge < -0.3 is 11.1 Å². The Balaban J connectivity index is 1.73. The Morgan fingerprint density at radius 1 is 1.27 bits per heavy atom. The third kappa shape index (κ3) is 3.88. The first kappa shape index (κ1) is 18.4. The number of nitrogens with two attached hydrogens (primary N) is 1. The van der Waals surface area contributed by atoms with E-state index in [0.29, 0.717) is 17.8 Å². The van der Waals surface area contributed by atoms with Crippen LogP contribution in [0.2, 0.25) is 0 Å². The fourth-order valence-corrected chi connectivity index (χ4v) is 3.83. The van der Waals surface area contributed by atoms with Crippen LogP contribution in [0, 0.1) is 0 Å². The highest BCUT2D eigenvalue weighted by Crippen LogP contribution is 2.34. The molecule has 1 amide bonds. The lowest BCUT2D eigenvalue weighted by atomic mass is 9.95. The molecule has 1 fully saturated rings. The SMILES string of the molecule is CCN(C)C1(CNC(=O)c2cccc(-c3cc(N)ccn3)c2)CCCC1. The molecule has 3 N–H and O–H groups in total. The lowest BCUT2D eigenvalue weighted by molar-refractivity contribution is 0.0874. The molecule has 0 atom stereocenters. The maximum absolute atomic E-state index is 12.7. The predicted molar refractivity (Wildman–Crippen MR) is 106 cm³/mol. The van der Waals surface area contributed by atoms with Crippen LogP contribution in [0.1, 0.15) is 43.0 Å². The van der Waals surface area contributed by atoms with E-state index in [2.05, 4.69) is 29.2 Å². The molecule has 0 unspecified atom stereocenters. The number of anilines is 1. The van der Waals surface area contributed by atoms with Crippen LogP contribution < -0.4 is 11.1 Å². The van der Waals surface area contributed by atoms with Gasteiger partial charge in [-0.25, -0.2) is 0 Å². The van der Waals surface area contributed by atoms with E-state index in [4.69, 9.17) is 5.73 Å². The Labute approximate surface area is 155 Å². The van der Waals surface area contributed by atoms with Crippen LogP contribution in [0.4, 0.5) is 5.69 Å². The summed E-state index contributed by atoms with van der Waals surface area (Å²) in [6.45, 7) is 3.85. The highest BCUT2D eigenvalue weighted by molar-refractivity contribution is 5.95. The molecule has 1 saturated carbocycles. The average Bonchev–Trinajstić information content (AvgIpc) is 3.16. The topological polar surface area (TPSA) is 71.2 Å². The molecule has 0 aliphatic heterocycles. The van der Waals surface area contributed by atoms with Gasteiger partial charge in [-0.3, -0.25) is 14.7 Å². The zero-order valence-electron chi connectivity index (χ0n) is 15.7. The Bertz CT molecular complexity index is 768. The van der Waals surface area contributed by atoms with Crippen LogP contribution in [0.25, 0.3) is 11.3 Å². The van der Waals surface area contributed by atoms with E-state index in [1.54, 1.807) is 12.3 Å². The van der Waals surface area contributed by atoms with Crippen LogP contribution >= 0.6 is 0 Å². The van der Waals surface area contributed by atoms with Gasteiger partial charge in [0.25, 0.3) is 5.91 Å². The number of nitrogen functional groups attached to an aromatic ring is 1. The number of pyridine rings is 1. The zero-order chi connectivity index (χ0) is 18.6. The molecule has 138 valence electrons. The van der Waals surface area contributed by atoms with Crippen LogP contribution in [0.5, 0.6) is 0 Å². The number of aromatic nitrogens is 1. The highest BCUT2D eigenvalue weighted by Gasteiger charge is 2.37. The van der Waals surface area contributed by atoms with Crippen molar-refractivity contribution in [2.45, 2.75) is 38.1 Å². The summed E-state index contributed by atoms with van der Waals surface area (Å²) in [4.78, 5) is 19.5. The van der Waals surface area contributed by atoms with E-state index in [1.807, 2.05) is 30.3 Å². The zero-order valence-corrected chi connectivity index (χ0v) is 15.7. The lowest BCUT2D eigenvalue weighted by Crippen LogP contribution is -2.52. The molecule has 0 saturated heterocycles. The van der Waals surface area contributed by atoms with Crippen molar-refractivity contribution in [2.75, 3.05) is 25.9 Å². The second-order valence-corrected chi connectivity index (χ2v) is 7.18. The molecular formula is C21H28N4O. The van der Waals surface area contributed by atoms with Crippen molar-refractivity contribution in [1.82, 2.24) is 15.2 Å². The number of hydrogen-bond donors (Lipinski definition) is 2. The minimum atomic E-state index is -0.0356. The molecule has 0 bridgehead atoms. The third-order valence-corrected chi connectivity index (χ3v) is 5.60. The van der Waals surface area contributed by atoms with Crippen LogP contribution in [0.3, 0.4) is 0 Å². The van der Waals surface area contributed by atoms with Crippen LogP contribution in [-0.4, -0.2) is 41.5 Å². The summed E-state index contributed by atoms with van der Waals surface area (Å²) in [5.74, 6) is -0.0356. The van der Waals surface area contributed by atoms with E-state index >= 15 is 0 Å². The first-order valence-electron chi connectivity index (χ1n) is 9.35. The monoisotopic (exact) mass is 352 g/mol. The van der Waals surface area contributed by atoms with Gasteiger partial charge in [-0.05, 0) is 50.7 Å². The number of benzene rings is 1. The number of nitrogens with one attached hydrogen (secondary N) is 1. The molecule has 2 aromatic rings. The number of carbonyl (C=O) groups is 1. The molecular weight excluding hydrogens is 324 g/mol. The van der Waals surface area contributed by atoms with Crippen molar-refractivity contribution >= 4 is 11.6 Å². The first-order chi connectivity index (χ1) is 12.5. The molecule has 26 heavy (non-hydrogen) atoms. The summed E-state index contributed by atoms with van der Waals surface area (Å²) in [5, 5.41) is 3.16. The van der Waals surface area contributed by atoms with E-state index in [0.717, 1.165) is 30.6 Å². The molecule has 5 heteroatoms. The van der Waals surface area contributed by atoms with Crippen LogP contribution in [0.15, 0.2) is 42.6 Å². The standard InChI is InChI=1S/C21H28N4O/c1-3-25(2)21(10-4-5-11-21)15-24-20(26)17-8-6-7-16(13-17)19-14-18(22)9-12-23-19/h6-9,12-14H,3-5,10-11,15H2,1-2H3,(H2,22,23)(H,24,26).